The van der Waals surface area contributed by atoms with Crippen LogP contribution in [0.5, 0.6) is 0 Å². The molecule has 1 aromatic heterocycles. The molecule has 7 nitrogen and oxygen atoms in total. The van der Waals surface area contributed by atoms with Crippen molar-refractivity contribution in [3.63, 3.8) is 0 Å². The van der Waals surface area contributed by atoms with E-state index in [0.29, 0.717) is 42.5 Å². The highest BCUT2D eigenvalue weighted by atomic mass is 16.4. The largest absolute Gasteiger partial charge is 0.481 e. The molecule has 1 fully saturated rings. The topological polar surface area (TPSA) is 111 Å². The lowest BCUT2D eigenvalue weighted by Crippen LogP contribution is -2.56. The first-order valence-corrected chi connectivity index (χ1v) is 8.68. The van der Waals surface area contributed by atoms with Gasteiger partial charge in [-0.1, -0.05) is 31.5 Å². The number of aliphatic hydroxyl groups excluding tert-OH is 1. The molecule has 26 heavy (non-hydrogen) atoms. The molecule has 2 heterocycles. The smallest absolute Gasteiger partial charge is 0.336 e. The quantitative estimate of drug-likeness (QED) is 0.752. The molecule has 0 bridgehead atoms. The van der Waals surface area contributed by atoms with Gasteiger partial charge in [0.1, 0.15) is 11.2 Å². The van der Waals surface area contributed by atoms with Crippen LogP contribution in [0.15, 0.2) is 30.3 Å². The van der Waals surface area contributed by atoms with E-state index in [9.17, 15) is 24.9 Å². The van der Waals surface area contributed by atoms with Crippen molar-refractivity contribution < 1.29 is 24.9 Å². The summed E-state index contributed by atoms with van der Waals surface area (Å²) in [4.78, 5) is 29.9. The number of fused-ring (bicyclic) bond motifs is 1. The molecule has 1 aromatic carbocycles. The van der Waals surface area contributed by atoms with Gasteiger partial charge >= 0.3 is 11.9 Å². The van der Waals surface area contributed by atoms with Gasteiger partial charge in [-0.3, -0.25) is 4.79 Å². The molecule has 138 valence electrons. The lowest BCUT2D eigenvalue weighted by molar-refractivity contribution is -0.158. The minimum Gasteiger partial charge on any atom is -0.481 e. The zero-order valence-electron chi connectivity index (χ0n) is 14.6. The minimum absolute atomic E-state index is 0.0989. The van der Waals surface area contributed by atoms with E-state index in [1.807, 2.05) is 6.92 Å². The molecule has 0 amide bonds. The van der Waals surface area contributed by atoms with Crippen molar-refractivity contribution in [1.82, 2.24) is 4.98 Å². The Kier molecular flexibility index (Phi) is 4.82. The second-order valence-electron chi connectivity index (χ2n) is 6.79. The Morgan fingerprint density at radius 2 is 2.04 bits per heavy atom. The van der Waals surface area contributed by atoms with Crippen LogP contribution in [0.25, 0.3) is 10.9 Å². The first-order valence-electron chi connectivity index (χ1n) is 8.68. The average Bonchev–Trinajstić information content (AvgIpc) is 2.62. The average molecular weight is 358 g/mol. The summed E-state index contributed by atoms with van der Waals surface area (Å²) in [6.45, 7) is 2.40. The molecule has 0 unspecified atom stereocenters. The molecule has 1 aliphatic rings. The van der Waals surface area contributed by atoms with Gasteiger partial charge in [0.2, 0.25) is 0 Å². The maximum atomic E-state index is 11.9. The maximum absolute atomic E-state index is 11.9. The first-order chi connectivity index (χ1) is 12.4. The van der Waals surface area contributed by atoms with E-state index in [4.69, 9.17) is 0 Å². The summed E-state index contributed by atoms with van der Waals surface area (Å²) in [6, 6.07) is 8.46. The number of carboxylic acids is 2. The highest BCUT2D eigenvalue weighted by Crippen LogP contribution is 2.37. The number of rotatable bonds is 5. The fourth-order valence-corrected chi connectivity index (χ4v) is 3.78. The number of anilines is 1. The number of aliphatic carboxylic acids is 1. The second kappa shape index (κ2) is 6.92. The third kappa shape index (κ3) is 2.99. The lowest BCUT2D eigenvalue weighted by Gasteiger charge is -2.44. The summed E-state index contributed by atoms with van der Waals surface area (Å²) in [5.41, 5.74) is -0.595. The lowest BCUT2D eigenvalue weighted by atomic mass is 9.74. The third-order valence-corrected chi connectivity index (χ3v) is 5.16. The number of hydrogen-bond donors (Lipinski definition) is 3. The molecule has 2 aromatic rings. The van der Waals surface area contributed by atoms with E-state index >= 15 is 0 Å². The van der Waals surface area contributed by atoms with Crippen LogP contribution in [0, 0.1) is 5.41 Å². The Hall–Kier alpha value is -2.67. The van der Waals surface area contributed by atoms with Crippen molar-refractivity contribution in [2.75, 3.05) is 18.0 Å². The fourth-order valence-electron chi connectivity index (χ4n) is 3.78. The van der Waals surface area contributed by atoms with Gasteiger partial charge in [0.15, 0.2) is 0 Å². The van der Waals surface area contributed by atoms with Crippen LogP contribution in [0.3, 0.4) is 0 Å². The van der Waals surface area contributed by atoms with Crippen LogP contribution in [-0.2, 0) is 4.79 Å². The highest BCUT2D eigenvalue weighted by molar-refractivity contribution is 6.03. The number of pyridine rings is 1. The van der Waals surface area contributed by atoms with Gasteiger partial charge < -0.3 is 20.2 Å². The molecule has 2 atom stereocenters. The number of carbonyl (C=O) groups is 2. The summed E-state index contributed by atoms with van der Waals surface area (Å²) in [6.07, 6.45) is 0.335. The van der Waals surface area contributed by atoms with Gasteiger partial charge in [0, 0.05) is 18.5 Å². The Bertz CT molecular complexity index is 853. The van der Waals surface area contributed by atoms with Gasteiger partial charge in [0.05, 0.1) is 17.2 Å². The van der Waals surface area contributed by atoms with Crippen LogP contribution in [-0.4, -0.2) is 51.4 Å². The Morgan fingerprint density at radius 3 is 2.69 bits per heavy atom. The van der Waals surface area contributed by atoms with E-state index in [2.05, 4.69) is 4.98 Å². The van der Waals surface area contributed by atoms with Crippen molar-refractivity contribution in [2.45, 2.75) is 32.3 Å². The number of nitrogens with zero attached hydrogens (tertiary/aromatic N) is 2. The van der Waals surface area contributed by atoms with Crippen molar-refractivity contribution in [3.05, 3.63) is 35.9 Å². The number of hydrogen-bond acceptors (Lipinski definition) is 5. The van der Waals surface area contributed by atoms with Crippen LogP contribution in [0.4, 0.5) is 5.82 Å². The summed E-state index contributed by atoms with van der Waals surface area (Å²) < 4.78 is 0. The van der Waals surface area contributed by atoms with Crippen LogP contribution < -0.4 is 4.90 Å². The van der Waals surface area contributed by atoms with Gasteiger partial charge in [0.25, 0.3) is 0 Å². The van der Waals surface area contributed by atoms with Crippen molar-refractivity contribution in [3.8, 4) is 0 Å². The molecule has 7 heteroatoms. The van der Waals surface area contributed by atoms with Gasteiger partial charge in [-0.15, -0.1) is 0 Å². The van der Waals surface area contributed by atoms with Gasteiger partial charge in [-0.25, -0.2) is 9.78 Å². The van der Waals surface area contributed by atoms with Crippen LogP contribution in [0.2, 0.25) is 0 Å². The number of aliphatic hydroxyl groups is 1. The number of aromatic carboxylic acids is 1. The molecule has 0 spiro atoms. The molecule has 3 N–H and O–H groups in total. The first kappa shape index (κ1) is 18.1. The zero-order valence-corrected chi connectivity index (χ0v) is 14.6. The normalized spacial score (nSPS) is 23.2. The van der Waals surface area contributed by atoms with E-state index < -0.39 is 23.5 Å². The molecule has 0 saturated carbocycles. The molecule has 3 rings (SSSR count). The summed E-state index contributed by atoms with van der Waals surface area (Å²) in [7, 11) is 0. The summed E-state index contributed by atoms with van der Waals surface area (Å²) >= 11 is 0. The fraction of sp³-hybridized carbons (Fsp3) is 0.421. The van der Waals surface area contributed by atoms with Crippen LogP contribution in [0.1, 0.15) is 36.5 Å². The number of para-hydroxylation sites is 1. The second-order valence-corrected chi connectivity index (χ2v) is 6.79. The standard InChI is InChI=1S/C19H22N2O5/c1-2-8-19(18(25)26)11-21(9-7-15(19)22)16-10-13(17(23)24)12-5-3-4-6-14(12)20-16/h3-6,10,15,22H,2,7-9,11H2,1H3,(H,23,24)(H,25,26)/t15-,19-/m0/s1. The van der Waals surface area contributed by atoms with Crippen molar-refractivity contribution in [2.24, 2.45) is 5.41 Å². The molecule has 0 aliphatic carbocycles. The summed E-state index contributed by atoms with van der Waals surface area (Å²) in [5, 5.41) is 30.2. The van der Waals surface area contributed by atoms with Crippen LogP contribution >= 0.6 is 0 Å². The van der Waals surface area contributed by atoms with Crippen molar-refractivity contribution >= 4 is 28.7 Å². The Labute approximate surface area is 150 Å². The minimum atomic E-state index is -1.27. The maximum Gasteiger partial charge on any atom is 0.336 e. The van der Waals surface area contributed by atoms with E-state index in [-0.39, 0.29) is 12.1 Å². The molecule has 1 aliphatic heterocycles. The molecular formula is C19H22N2O5. The van der Waals surface area contributed by atoms with Gasteiger partial charge in [-0.05, 0) is 25.0 Å². The number of aromatic nitrogens is 1. The van der Waals surface area contributed by atoms with E-state index in [1.54, 1.807) is 29.2 Å². The Balaban J connectivity index is 2.06. The van der Waals surface area contributed by atoms with Crippen molar-refractivity contribution in [1.29, 1.82) is 0 Å². The Morgan fingerprint density at radius 1 is 1.31 bits per heavy atom. The third-order valence-electron chi connectivity index (χ3n) is 5.16. The number of benzene rings is 1. The predicted octanol–water partition coefficient (Wildman–Crippen LogP) is 2.38. The van der Waals surface area contributed by atoms with Gasteiger partial charge in [-0.2, -0.15) is 0 Å². The summed E-state index contributed by atoms with van der Waals surface area (Å²) in [5.74, 6) is -1.66. The molecule has 1 saturated heterocycles. The SMILES string of the molecule is CCC[C@]1(C(=O)O)CN(c2cc(C(=O)O)c3ccccc3n2)CC[C@@H]1O. The predicted molar refractivity (Wildman–Crippen MR) is 96.5 cm³/mol. The number of piperidine rings is 1. The highest BCUT2D eigenvalue weighted by Gasteiger charge is 2.48. The number of carboxylic acid groups (broad SMARTS) is 2. The van der Waals surface area contributed by atoms with E-state index in [0.717, 1.165) is 0 Å². The zero-order chi connectivity index (χ0) is 18.9. The molecular weight excluding hydrogens is 336 g/mol. The monoisotopic (exact) mass is 358 g/mol. The van der Waals surface area contributed by atoms with E-state index in [1.165, 1.54) is 6.07 Å². The molecule has 0 radical (unpaired) electrons.